The molecule has 1 heterocycles. The van der Waals surface area contributed by atoms with Crippen molar-refractivity contribution in [2.45, 2.75) is 13.3 Å². The first-order chi connectivity index (χ1) is 10.6. The number of phenolic OH excluding ortho intramolecular Hbond substituents is 1. The molecule has 0 amide bonds. The fraction of sp³-hybridized carbons (Fsp3) is 0.167. The second-order valence-electron chi connectivity index (χ2n) is 5.01. The van der Waals surface area contributed by atoms with Crippen LogP contribution in [-0.2, 0) is 6.42 Å². The van der Waals surface area contributed by atoms with E-state index in [2.05, 4.69) is 6.92 Å². The van der Waals surface area contributed by atoms with Gasteiger partial charge < -0.3 is 14.3 Å². The van der Waals surface area contributed by atoms with E-state index in [-0.39, 0.29) is 16.9 Å². The Morgan fingerprint density at radius 3 is 2.68 bits per heavy atom. The Labute approximate surface area is 127 Å². The lowest BCUT2D eigenvalue weighted by Gasteiger charge is -2.09. The lowest BCUT2D eigenvalue weighted by Crippen LogP contribution is -2.01. The molecule has 0 aliphatic heterocycles. The summed E-state index contributed by atoms with van der Waals surface area (Å²) in [6, 6.07) is 12.2. The van der Waals surface area contributed by atoms with E-state index < -0.39 is 0 Å². The van der Waals surface area contributed by atoms with Gasteiger partial charge in [-0.2, -0.15) is 0 Å². The number of ether oxygens (including phenoxy) is 1. The summed E-state index contributed by atoms with van der Waals surface area (Å²) in [6.07, 6.45) is 0.844. The van der Waals surface area contributed by atoms with E-state index in [1.165, 1.54) is 25.3 Å². The van der Waals surface area contributed by atoms with Crippen LogP contribution in [0.15, 0.2) is 51.7 Å². The molecule has 3 rings (SSSR count). The summed E-state index contributed by atoms with van der Waals surface area (Å²) >= 11 is 0. The zero-order valence-electron chi connectivity index (χ0n) is 12.4. The molecule has 1 N–H and O–H groups in total. The average Bonchev–Trinajstić information content (AvgIpc) is 2.54. The highest BCUT2D eigenvalue weighted by Gasteiger charge is 2.12. The van der Waals surface area contributed by atoms with Crippen LogP contribution in [0.4, 0.5) is 0 Å². The highest BCUT2D eigenvalue weighted by Crippen LogP contribution is 2.32. The van der Waals surface area contributed by atoms with Crippen LogP contribution in [0.5, 0.6) is 11.5 Å². The number of hydrogen-bond donors (Lipinski definition) is 1. The minimum absolute atomic E-state index is 0.0796. The van der Waals surface area contributed by atoms with Gasteiger partial charge in [0.2, 0.25) is 0 Å². The number of methoxy groups -OCH3 is 1. The third kappa shape index (κ3) is 2.33. The van der Waals surface area contributed by atoms with Crippen molar-refractivity contribution < 1.29 is 14.3 Å². The summed E-state index contributed by atoms with van der Waals surface area (Å²) in [5.74, 6) is 0.711. The molecule has 2 aromatic carbocycles. The van der Waals surface area contributed by atoms with Crippen molar-refractivity contribution in [1.82, 2.24) is 0 Å². The van der Waals surface area contributed by atoms with Crippen LogP contribution in [0.3, 0.4) is 0 Å². The van der Waals surface area contributed by atoms with Gasteiger partial charge in [0.25, 0.3) is 0 Å². The maximum absolute atomic E-state index is 12.3. The zero-order valence-corrected chi connectivity index (χ0v) is 12.4. The number of benzene rings is 2. The van der Waals surface area contributed by atoms with Gasteiger partial charge in [0.1, 0.15) is 11.3 Å². The lowest BCUT2D eigenvalue weighted by atomic mass is 10.0. The Morgan fingerprint density at radius 2 is 1.95 bits per heavy atom. The van der Waals surface area contributed by atoms with E-state index in [1.807, 2.05) is 24.3 Å². The molecule has 0 fully saturated rings. The second-order valence-corrected chi connectivity index (χ2v) is 5.01. The first-order valence-electron chi connectivity index (χ1n) is 7.07. The maximum Gasteiger partial charge on any atom is 0.193 e. The van der Waals surface area contributed by atoms with Gasteiger partial charge in [-0.15, -0.1) is 0 Å². The summed E-state index contributed by atoms with van der Waals surface area (Å²) < 4.78 is 10.9. The minimum atomic E-state index is -0.194. The monoisotopic (exact) mass is 296 g/mol. The molecule has 0 aliphatic carbocycles. The molecule has 0 atom stereocenters. The van der Waals surface area contributed by atoms with E-state index in [4.69, 9.17) is 9.15 Å². The van der Waals surface area contributed by atoms with Gasteiger partial charge in [-0.05, 0) is 18.1 Å². The van der Waals surface area contributed by atoms with Gasteiger partial charge in [-0.25, -0.2) is 0 Å². The molecule has 4 nitrogen and oxygen atoms in total. The smallest absolute Gasteiger partial charge is 0.193 e. The first-order valence-corrected chi connectivity index (χ1v) is 7.07. The maximum atomic E-state index is 12.3. The van der Waals surface area contributed by atoms with E-state index in [0.29, 0.717) is 16.7 Å². The quantitative estimate of drug-likeness (QED) is 0.800. The van der Waals surface area contributed by atoms with Crippen molar-refractivity contribution in [3.8, 4) is 22.8 Å². The van der Waals surface area contributed by atoms with E-state index >= 15 is 0 Å². The van der Waals surface area contributed by atoms with E-state index in [9.17, 15) is 9.90 Å². The van der Waals surface area contributed by atoms with Crippen LogP contribution in [-0.4, -0.2) is 12.2 Å². The average molecular weight is 296 g/mol. The lowest BCUT2D eigenvalue weighted by molar-refractivity contribution is 0.373. The van der Waals surface area contributed by atoms with Crippen molar-refractivity contribution in [1.29, 1.82) is 0 Å². The Bertz CT molecular complexity index is 893. The summed E-state index contributed by atoms with van der Waals surface area (Å²) in [5, 5.41) is 10.1. The third-order valence-electron chi connectivity index (χ3n) is 3.69. The summed E-state index contributed by atoms with van der Waals surface area (Å²) in [7, 11) is 1.45. The number of aryl methyl sites for hydroxylation is 1. The molecule has 0 radical (unpaired) electrons. The number of aromatic hydroxyl groups is 1. The molecule has 0 spiro atoms. The molecule has 3 aromatic rings. The van der Waals surface area contributed by atoms with Crippen LogP contribution < -0.4 is 10.2 Å². The van der Waals surface area contributed by atoms with Crippen LogP contribution in [0.25, 0.3) is 22.3 Å². The highest BCUT2D eigenvalue weighted by molar-refractivity contribution is 5.82. The number of hydrogen-bond acceptors (Lipinski definition) is 4. The fourth-order valence-electron chi connectivity index (χ4n) is 2.54. The first kappa shape index (κ1) is 14.2. The zero-order chi connectivity index (χ0) is 15.7. The van der Waals surface area contributed by atoms with Crippen LogP contribution >= 0.6 is 0 Å². The van der Waals surface area contributed by atoms with Gasteiger partial charge in [0.05, 0.1) is 12.5 Å². The largest absolute Gasteiger partial charge is 0.504 e. The molecule has 0 unspecified atom stereocenters. The molecule has 0 bridgehead atoms. The number of phenols is 1. The second kappa shape index (κ2) is 5.56. The van der Waals surface area contributed by atoms with Gasteiger partial charge in [0, 0.05) is 17.7 Å². The van der Waals surface area contributed by atoms with Gasteiger partial charge in [0.15, 0.2) is 16.9 Å². The number of rotatable bonds is 3. The van der Waals surface area contributed by atoms with Crippen LogP contribution in [0.1, 0.15) is 12.5 Å². The van der Waals surface area contributed by atoms with Crippen LogP contribution in [0.2, 0.25) is 0 Å². The Balaban J connectivity index is 2.28. The predicted octanol–water partition coefficient (Wildman–Crippen LogP) is 3.74. The van der Waals surface area contributed by atoms with Crippen molar-refractivity contribution in [3.05, 3.63) is 58.3 Å². The van der Waals surface area contributed by atoms with E-state index in [1.54, 1.807) is 0 Å². The molecular weight excluding hydrogens is 280 g/mol. The highest BCUT2D eigenvalue weighted by atomic mass is 16.5. The molecule has 1 aromatic heterocycles. The Kier molecular flexibility index (Phi) is 3.59. The topological polar surface area (TPSA) is 59.7 Å². The molecule has 0 saturated heterocycles. The molecule has 0 aliphatic rings. The van der Waals surface area contributed by atoms with Crippen molar-refractivity contribution in [3.63, 3.8) is 0 Å². The SMILES string of the molecule is CCc1ccccc1-c1cc(=O)c2cc(O)c(OC)cc2o1. The molecular formula is C18H16O4. The predicted molar refractivity (Wildman–Crippen MR) is 85.5 cm³/mol. The minimum Gasteiger partial charge on any atom is -0.504 e. The Morgan fingerprint density at radius 1 is 1.18 bits per heavy atom. The molecule has 22 heavy (non-hydrogen) atoms. The Hall–Kier alpha value is -2.75. The molecule has 0 saturated carbocycles. The molecule has 4 heteroatoms. The molecule has 112 valence electrons. The summed E-state index contributed by atoms with van der Waals surface area (Å²) in [5.41, 5.74) is 2.20. The van der Waals surface area contributed by atoms with Crippen LogP contribution in [0, 0.1) is 0 Å². The van der Waals surface area contributed by atoms with Crippen molar-refractivity contribution in [2.24, 2.45) is 0 Å². The van der Waals surface area contributed by atoms with E-state index in [0.717, 1.165) is 17.5 Å². The summed E-state index contributed by atoms with van der Waals surface area (Å²) in [4.78, 5) is 12.3. The normalized spacial score (nSPS) is 10.8. The van der Waals surface area contributed by atoms with Crippen molar-refractivity contribution >= 4 is 11.0 Å². The van der Waals surface area contributed by atoms with Gasteiger partial charge in [-0.3, -0.25) is 4.79 Å². The standard InChI is InChI=1S/C18H16O4/c1-3-11-6-4-5-7-12(11)16-9-14(19)13-8-15(20)18(21-2)10-17(13)22-16/h4-10,20H,3H2,1-2H3. The third-order valence-corrected chi connectivity index (χ3v) is 3.69. The number of fused-ring (bicyclic) bond motifs is 1. The summed E-state index contributed by atoms with van der Waals surface area (Å²) in [6.45, 7) is 2.05. The van der Waals surface area contributed by atoms with Crippen molar-refractivity contribution in [2.75, 3.05) is 7.11 Å². The van der Waals surface area contributed by atoms with Gasteiger partial charge in [-0.1, -0.05) is 31.2 Å². The van der Waals surface area contributed by atoms with Gasteiger partial charge >= 0.3 is 0 Å². The fourth-order valence-corrected chi connectivity index (χ4v) is 2.54.